The zero-order valence-corrected chi connectivity index (χ0v) is 11.4. The largest absolute Gasteiger partial charge is 0.465 e. The lowest BCUT2D eigenvalue weighted by Crippen LogP contribution is -2.47. The zero-order chi connectivity index (χ0) is 13.4. The number of ether oxygens (including phenoxy) is 3. The molecule has 0 saturated heterocycles. The van der Waals surface area contributed by atoms with E-state index >= 15 is 0 Å². The van der Waals surface area contributed by atoms with Gasteiger partial charge in [0.15, 0.2) is 0 Å². The molecule has 18 heavy (non-hydrogen) atoms. The molecule has 5 heteroatoms. The van der Waals surface area contributed by atoms with Gasteiger partial charge in [-0.2, -0.15) is 0 Å². The average Bonchev–Trinajstić information content (AvgIpc) is 2.73. The number of esters is 1. The van der Waals surface area contributed by atoms with E-state index in [1.54, 1.807) is 6.92 Å². The molecule has 0 aromatic rings. The average molecular weight is 259 g/mol. The Morgan fingerprint density at radius 3 is 2.78 bits per heavy atom. The third-order valence-corrected chi connectivity index (χ3v) is 3.12. The molecule has 106 valence electrons. The Balaban J connectivity index is 2.21. The number of nitrogens with two attached hydrogens (primary N) is 1. The molecule has 1 rings (SSSR count). The van der Waals surface area contributed by atoms with Crippen molar-refractivity contribution in [3.8, 4) is 0 Å². The Morgan fingerprint density at radius 1 is 1.33 bits per heavy atom. The van der Waals surface area contributed by atoms with Gasteiger partial charge < -0.3 is 19.9 Å². The van der Waals surface area contributed by atoms with Crippen molar-refractivity contribution in [3.63, 3.8) is 0 Å². The van der Waals surface area contributed by atoms with Crippen LogP contribution in [-0.4, -0.2) is 44.0 Å². The van der Waals surface area contributed by atoms with Crippen molar-refractivity contribution in [1.29, 1.82) is 0 Å². The van der Waals surface area contributed by atoms with Crippen molar-refractivity contribution in [1.82, 2.24) is 0 Å². The zero-order valence-electron chi connectivity index (χ0n) is 11.4. The second kappa shape index (κ2) is 7.71. The van der Waals surface area contributed by atoms with Crippen LogP contribution in [0.4, 0.5) is 0 Å². The molecule has 0 spiro atoms. The number of rotatable bonds is 8. The smallest absolute Gasteiger partial charge is 0.326 e. The summed E-state index contributed by atoms with van der Waals surface area (Å²) >= 11 is 0. The normalized spacial score (nSPS) is 27.4. The minimum Gasteiger partial charge on any atom is -0.465 e. The predicted molar refractivity (Wildman–Crippen MR) is 68.3 cm³/mol. The Labute approximate surface area is 109 Å². The molecule has 0 heterocycles. The molecule has 1 aliphatic rings. The maximum absolute atomic E-state index is 11.7. The molecule has 5 nitrogen and oxygen atoms in total. The lowest BCUT2D eigenvalue weighted by atomic mass is 9.99. The predicted octanol–water partition coefficient (Wildman–Crippen LogP) is 1.24. The molecule has 0 amide bonds. The third-order valence-electron chi connectivity index (χ3n) is 3.12. The van der Waals surface area contributed by atoms with E-state index in [9.17, 15) is 4.79 Å². The van der Waals surface area contributed by atoms with Crippen LogP contribution in [0.1, 0.15) is 39.5 Å². The Morgan fingerprint density at radius 2 is 2.11 bits per heavy atom. The molecule has 0 aliphatic heterocycles. The summed E-state index contributed by atoms with van der Waals surface area (Å²) in [6.07, 6.45) is 3.04. The lowest BCUT2D eigenvalue weighted by molar-refractivity contribution is -0.149. The monoisotopic (exact) mass is 259 g/mol. The third kappa shape index (κ3) is 4.55. The maximum Gasteiger partial charge on any atom is 0.326 e. The van der Waals surface area contributed by atoms with Crippen molar-refractivity contribution in [2.24, 2.45) is 5.73 Å². The molecule has 2 atom stereocenters. The molecule has 2 N–H and O–H groups in total. The summed E-state index contributed by atoms with van der Waals surface area (Å²) in [7, 11) is 0. The second-order valence-corrected chi connectivity index (χ2v) is 4.72. The topological polar surface area (TPSA) is 70.8 Å². The van der Waals surface area contributed by atoms with E-state index in [-0.39, 0.29) is 12.1 Å². The summed E-state index contributed by atoms with van der Waals surface area (Å²) < 4.78 is 16.0. The van der Waals surface area contributed by atoms with Crippen molar-refractivity contribution >= 4 is 5.97 Å². The van der Waals surface area contributed by atoms with Crippen LogP contribution in [0.25, 0.3) is 0 Å². The quantitative estimate of drug-likeness (QED) is 0.524. The maximum atomic E-state index is 11.7. The fourth-order valence-electron chi connectivity index (χ4n) is 2.15. The van der Waals surface area contributed by atoms with Crippen molar-refractivity contribution in [2.75, 3.05) is 26.4 Å². The molecule has 1 fully saturated rings. The van der Waals surface area contributed by atoms with Gasteiger partial charge in [-0.15, -0.1) is 0 Å². The van der Waals surface area contributed by atoms with Gasteiger partial charge in [0.2, 0.25) is 0 Å². The van der Waals surface area contributed by atoms with Crippen molar-refractivity contribution in [3.05, 3.63) is 0 Å². The van der Waals surface area contributed by atoms with Crippen LogP contribution in [0.15, 0.2) is 0 Å². The first kappa shape index (κ1) is 15.4. The molecule has 2 unspecified atom stereocenters. The molecule has 0 radical (unpaired) electrons. The molecular weight excluding hydrogens is 234 g/mol. The molecule has 0 bridgehead atoms. The summed E-state index contributed by atoms with van der Waals surface area (Å²) in [5, 5.41) is 0. The summed E-state index contributed by atoms with van der Waals surface area (Å²) in [6, 6.07) is 0. The summed E-state index contributed by atoms with van der Waals surface area (Å²) in [5.41, 5.74) is 5.19. The molecule has 0 aromatic heterocycles. The summed E-state index contributed by atoms with van der Waals surface area (Å²) in [5.74, 6) is -0.307. The highest BCUT2D eigenvalue weighted by molar-refractivity contribution is 5.81. The number of hydrogen-bond donors (Lipinski definition) is 1. The number of carbonyl (C=O) groups excluding carboxylic acids is 1. The Bertz CT molecular complexity index is 259. The standard InChI is InChI=1S/C13H25NO4/c1-3-7-16-8-9-18-11-5-6-13(14,10-11)12(15)17-4-2/h11H,3-10,14H2,1-2H3. The van der Waals surface area contributed by atoms with E-state index in [0.29, 0.717) is 32.7 Å². The first-order valence-corrected chi connectivity index (χ1v) is 6.78. The van der Waals surface area contributed by atoms with Crippen molar-refractivity contribution < 1.29 is 19.0 Å². The van der Waals surface area contributed by atoms with Crippen LogP contribution in [-0.2, 0) is 19.0 Å². The van der Waals surface area contributed by atoms with E-state index in [1.165, 1.54) is 0 Å². The molecule has 1 saturated carbocycles. The second-order valence-electron chi connectivity index (χ2n) is 4.72. The van der Waals surface area contributed by atoms with Crippen molar-refractivity contribution in [2.45, 2.75) is 51.2 Å². The van der Waals surface area contributed by atoms with Gasteiger partial charge in [-0.1, -0.05) is 6.92 Å². The molecule has 1 aliphatic carbocycles. The number of carbonyl (C=O) groups is 1. The summed E-state index contributed by atoms with van der Waals surface area (Å²) in [4.78, 5) is 11.7. The summed E-state index contributed by atoms with van der Waals surface area (Å²) in [6.45, 7) is 6.14. The van der Waals surface area contributed by atoms with Crippen LogP contribution < -0.4 is 5.73 Å². The fourth-order valence-corrected chi connectivity index (χ4v) is 2.15. The van der Waals surface area contributed by atoms with Gasteiger partial charge in [0.05, 0.1) is 25.9 Å². The van der Waals surface area contributed by atoms with E-state index in [0.717, 1.165) is 19.4 Å². The van der Waals surface area contributed by atoms with Gasteiger partial charge >= 0.3 is 5.97 Å². The molecular formula is C13H25NO4. The fraction of sp³-hybridized carbons (Fsp3) is 0.923. The highest BCUT2D eigenvalue weighted by atomic mass is 16.5. The van der Waals surface area contributed by atoms with Crippen LogP contribution in [0.2, 0.25) is 0 Å². The SMILES string of the molecule is CCCOCCOC1CCC(N)(C(=O)OCC)C1. The highest BCUT2D eigenvalue weighted by Gasteiger charge is 2.43. The van der Waals surface area contributed by atoms with Gasteiger partial charge in [0.1, 0.15) is 5.54 Å². The Kier molecular flexibility index (Phi) is 6.60. The lowest BCUT2D eigenvalue weighted by Gasteiger charge is -2.21. The minimum absolute atomic E-state index is 0.0460. The number of hydrogen-bond acceptors (Lipinski definition) is 5. The van der Waals surface area contributed by atoms with E-state index in [1.807, 2.05) is 0 Å². The first-order valence-electron chi connectivity index (χ1n) is 6.78. The highest BCUT2D eigenvalue weighted by Crippen LogP contribution is 2.30. The van der Waals surface area contributed by atoms with Crippen LogP contribution >= 0.6 is 0 Å². The van der Waals surface area contributed by atoms with Gasteiger partial charge in [0.25, 0.3) is 0 Å². The first-order chi connectivity index (χ1) is 8.62. The van der Waals surface area contributed by atoms with E-state index in [2.05, 4.69) is 6.92 Å². The van der Waals surface area contributed by atoms with Crippen LogP contribution in [0.5, 0.6) is 0 Å². The molecule has 0 aromatic carbocycles. The van der Waals surface area contributed by atoms with Gasteiger partial charge in [0, 0.05) is 13.0 Å². The van der Waals surface area contributed by atoms with Crippen LogP contribution in [0, 0.1) is 0 Å². The van der Waals surface area contributed by atoms with Gasteiger partial charge in [-0.25, -0.2) is 0 Å². The van der Waals surface area contributed by atoms with Gasteiger partial charge in [-0.05, 0) is 26.2 Å². The van der Waals surface area contributed by atoms with E-state index in [4.69, 9.17) is 19.9 Å². The minimum atomic E-state index is -0.856. The van der Waals surface area contributed by atoms with Gasteiger partial charge in [-0.3, -0.25) is 4.79 Å². The van der Waals surface area contributed by atoms with Crippen LogP contribution in [0.3, 0.4) is 0 Å². The van der Waals surface area contributed by atoms with E-state index < -0.39 is 5.54 Å². The Hall–Kier alpha value is -0.650.